The molecule has 148 valence electrons. The first-order valence-corrected chi connectivity index (χ1v) is 9.64. The zero-order valence-electron chi connectivity index (χ0n) is 14.6. The van der Waals surface area contributed by atoms with Crippen molar-refractivity contribution in [2.24, 2.45) is 0 Å². The van der Waals surface area contributed by atoms with Crippen LogP contribution in [0.3, 0.4) is 0 Å². The van der Waals surface area contributed by atoms with E-state index >= 15 is 0 Å². The molecule has 2 rings (SSSR count). The number of carbonyl (C=O) groups is 3. The molecule has 0 radical (unpaired) electrons. The smallest absolute Gasteiger partial charge is 0.338 e. The van der Waals surface area contributed by atoms with Crippen LogP contribution in [-0.4, -0.2) is 39.9 Å². The van der Waals surface area contributed by atoms with Crippen LogP contribution in [0.4, 0.5) is 0 Å². The lowest BCUT2D eigenvalue weighted by molar-refractivity contribution is -0.125. The van der Waals surface area contributed by atoms with Gasteiger partial charge in [0.05, 0.1) is 10.5 Å². The summed E-state index contributed by atoms with van der Waals surface area (Å²) < 4.78 is 30.4. The van der Waals surface area contributed by atoms with Crippen molar-refractivity contribution in [1.29, 1.82) is 0 Å². The van der Waals surface area contributed by atoms with E-state index in [1.165, 1.54) is 49.5 Å². The third-order valence-electron chi connectivity index (χ3n) is 3.40. The molecule has 28 heavy (non-hydrogen) atoms. The van der Waals surface area contributed by atoms with E-state index in [2.05, 4.69) is 15.6 Å². The van der Waals surface area contributed by atoms with Gasteiger partial charge in [-0.05, 0) is 49.5 Å². The van der Waals surface area contributed by atoms with Crippen molar-refractivity contribution < 1.29 is 27.5 Å². The Kier molecular flexibility index (Phi) is 7.10. The molecular formula is C17H16ClN3O6S. The minimum absolute atomic E-state index is 0.0469. The second kappa shape index (κ2) is 9.31. The zero-order valence-corrected chi connectivity index (χ0v) is 16.1. The molecule has 0 saturated heterocycles. The number of hydrogen-bond acceptors (Lipinski definition) is 6. The summed E-state index contributed by atoms with van der Waals surface area (Å²) in [6, 6.07) is 11.1. The van der Waals surface area contributed by atoms with Gasteiger partial charge in [0.2, 0.25) is 10.0 Å². The summed E-state index contributed by atoms with van der Waals surface area (Å²) in [7, 11) is -2.49. The summed E-state index contributed by atoms with van der Waals surface area (Å²) in [5.41, 5.74) is 4.47. The van der Waals surface area contributed by atoms with Gasteiger partial charge in [-0.3, -0.25) is 20.4 Å². The van der Waals surface area contributed by atoms with Crippen molar-refractivity contribution in [2.45, 2.75) is 4.90 Å². The Hall–Kier alpha value is -2.95. The number of esters is 1. The van der Waals surface area contributed by atoms with Crippen LogP contribution in [0.2, 0.25) is 5.02 Å². The summed E-state index contributed by atoms with van der Waals surface area (Å²) in [5, 5.41) is 0.457. The van der Waals surface area contributed by atoms with Gasteiger partial charge in [0, 0.05) is 10.6 Å². The number of rotatable bonds is 6. The maximum atomic E-state index is 12.0. The first-order valence-electron chi connectivity index (χ1n) is 7.78. The molecule has 0 aromatic heterocycles. The fourth-order valence-electron chi connectivity index (χ4n) is 1.96. The highest BCUT2D eigenvalue weighted by molar-refractivity contribution is 7.89. The highest BCUT2D eigenvalue weighted by Gasteiger charge is 2.16. The fraction of sp³-hybridized carbons (Fsp3) is 0.118. The van der Waals surface area contributed by atoms with E-state index in [1.54, 1.807) is 0 Å². The molecule has 0 aliphatic heterocycles. The molecule has 0 bridgehead atoms. The van der Waals surface area contributed by atoms with Crippen LogP contribution in [0.15, 0.2) is 53.4 Å². The van der Waals surface area contributed by atoms with Gasteiger partial charge in [0.1, 0.15) is 0 Å². The monoisotopic (exact) mass is 425 g/mol. The predicted molar refractivity (Wildman–Crippen MR) is 100 cm³/mol. The van der Waals surface area contributed by atoms with Crippen LogP contribution < -0.4 is 15.6 Å². The minimum atomic E-state index is -3.73. The highest BCUT2D eigenvalue weighted by Crippen LogP contribution is 2.12. The third-order valence-corrected chi connectivity index (χ3v) is 5.07. The van der Waals surface area contributed by atoms with Gasteiger partial charge in [-0.1, -0.05) is 17.7 Å². The molecule has 0 spiro atoms. The highest BCUT2D eigenvalue weighted by atomic mass is 35.5. The number of hydrogen-bond donors (Lipinski definition) is 3. The fourth-order valence-corrected chi connectivity index (χ4v) is 2.86. The molecule has 0 unspecified atom stereocenters. The van der Waals surface area contributed by atoms with Crippen LogP contribution in [0, 0.1) is 0 Å². The van der Waals surface area contributed by atoms with Crippen LogP contribution in [-0.2, 0) is 19.6 Å². The molecule has 2 aromatic rings. The first kappa shape index (κ1) is 21.4. The van der Waals surface area contributed by atoms with E-state index in [0.717, 1.165) is 6.07 Å². The van der Waals surface area contributed by atoms with E-state index < -0.39 is 34.4 Å². The molecule has 3 N–H and O–H groups in total. The van der Waals surface area contributed by atoms with E-state index in [4.69, 9.17) is 16.3 Å². The molecule has 2 aromatic carbocycles. The topological polar surface area (TPSA) is 131 Å². The SMILES string of the molecule is CNS(=O)(=O)c1cccc(C(=O)OCC(=O)NNC(=O)c2ccc(Cl)cc2)c1. The number of benzene rings is 2. The average Bonchev–Trinajstić information content (AvgIpc) is 2.70. The molecule has 9 nitrogen and oxygen atoms in total. The number of ether oxygens (including phenoxy) is 1. The van der Waals surface area contributed by atoms with Crippen molar-refractivity contribution in [2.75, 3.05) is 13.7 Å². The molecular weight excluding hydrogens is 410 g/mol. The van der Waals surface area contributed by atoms with Crippen molar-refractivity contribution in [3.63, 3.8) is 0 Å². The molecule has 0 fully saturated rings. The summed E-state index contributed by atoms with van der Waals surface area (Å²) in [6.07, 6.45) is 0. The quantitative estimate of drug-likeness (QED) is 0.465. The summed E-state index contributed by atoms with van der Waals surface area (Å²) in [4.78, 5) is 35.4. The molecule has 0 atom stereocenters. The summed E-state index contributed by atoms with van der Waals surface area (Å²) >= 11 is 5.72. The normalized spacial score (nSPS) is 10.8. The Morgan fingerprint density at radius 2 is 1.68 bits per heavy atom. The number of amides is 2. The number of carbonyl (C=O) groups excluding carboxylic acids is 3. The van der Waals surface area contributed by atoms with Gasteiger partial charge in [-0.25, -0.2) is 17.9 Å². The van der Waals surface area contributed by atoms with E-state index in [9.17, 15) is 22.8 Å². The summed E-state index contributed by atoms with van der Waals surface area (Å²) in [6.45, 7) is -0.678. The van der Waals surface area contributed by atoms with Crippen LogP contribution >= 0.6 is 11.6 Å². The van der Waals surface area contributed by atoms with Gasteiger partial charge in [0.15, 0.2) is 6.61 Å². The predicted octanol–water partition coefficient (Wildman–Crippen LogP) is 0.866. The standard InChI is InChI=1S/C17H16ClN3O6S/c1-19-28(25,26)14-4-2-3-12(9-14)17(24)27-10-15(22)20-21-16(23)11-5-7-13(18)8-6-11/h2-9,19H,10H2,1H3,(H,20,22)(H,21,23). The minimum Gasteiger partial charge on any atom is -0.452 e. The van der Waals surface area contributed by atoms with E-state index in [1.807, 2.05) is 0 Å². The Balaban J connectivity index is 1.87. The van der Waals surface area contributed by atoms with Gasteiger partial charge >= 0.3 is 5.97 Å². The van der Waals surface area contributed by atoms with Crippen LogP contribution in [0.25, 0.3) is 0 Å². The third kappa shape index (κ3) is 5.78. The van der Waals surface area contributed by atoms with E-state index in [0.29, 0.717) is 5.02 Å². The maximum absolute atomic E-state index is 12.0. The van der Waals surface area contributed by atoms with E-state index in [-0.39, 0.29) is 16.0 Å². The largest absolute Gasteiger partial charge is 0.452 e. The molecule has 0 heterocycles. The Morgan fingerprint density at radius 1 is 1.00 bits per heavy atom. The average molecular weight is 426 g/mol. The number of nitrogens with one attached hydrogen (secondary N) is 3. The Bertz CT molecular complexity index is 992. The molecule has 0 aliphatic rings. The maximum Gasteiger partial charge on any atom is 0.338 e. The summed E-state index contributed by atoms with van der Waals surface area (Å²) in [5.74, 6) is -2.26. The van der Waals surface area contributed by atoms with Gasteiger partial charge in [0.25, 0.3) is 11.8 Å². The Morgan fingerprint density at radius 3 is 2.32 bits per heavy atom. The van der Waals surface area contributed by atoms with Crippen molar-refractivity contribution in [3.8, 4) is 0 Å². The lowest BCUT2D eigenvalue weighted by Gasteiger charge is -2.09. The lowest BCUT2D eigenvalue weighted by atomic mass is 10.2. The molecule has 0 saturated carbocycles. The van der Waals surface area contributed by atoms with Crippen LogP contribution in [0.5, 0.6) is 0 Å². The Labute approximate surface area is 166 Å². The zero-order chi connectivity index (χ0) is 20.7. The lowest BCUT2D eigenvalue weighted by Crippen LogP contribution is -2.43. The number of sulfonamides is 1. The molecule has 2 amide bonds. The van der Waals surface area contributed by atoms with Gasteiger partial charge < -0.3 is 4.74 Å². The van der Waals surface area contributed by atoms with Crippen molar-refractivity contribution in [3.05, 3.63) is 64.7 Å². The first-order chi connectivity index (χ1) is 13.2. The molecule has 0 aliphatic carbocycles. The van der Waals surface area contributed by atoms with Crippen molar-refractivity contribution >= 4 is 39.4 Å². The van der Waals surface area contributed by atoms with Crippen molar-refractivity contribution in [1.82, 2.24) is 15.6 Å². The van der Waals surface area contributed by atoms with Gasteiger partial charge in [-0.15, -0.1) is 0 Å². The number of hydrazine groups is 1. The second-order valence-electron chi connectivity index (χ2n) is 5.32. The van der Waals surface area contributed by atoms with Gasteiger partial charge in [-0.2, -0.15) is 0 Å². The molecule has 11 heteroatoms. The number of halogens is 1. The second-order valence-corrected chi connectivity index (χ2v) is 7.64. The van der Waals surface area contributed by atoms with Crippen LogP contribution in [0.1, 0.15) is 20.7 Å².